The van der Waals surface area contributed by atoms with Crippen LogP contribution in [0.25, 0.3) is 10.2 Å². The van der Waals surface area contributed by atoms with E-state index in [2.05, 4.69) is 65.7 Å². The molecule has 2 aromatic carbocycles. The minimum atomic E-state index is 0.253. The number of aromatic nitrogens is 1. The van der Waals surface area contributed by atoms with Crippen molar-refractivity contribution in [3.63, 3.8) is 0 Å². The first-order valence-electron chi connectivity index (χ1n) is 8.68. The van der Waals surface area contributed by atoms with Crippen LogP contribution in [0.4, 0.5) is 0 Å². The summed E-state index contributed by atoms with van der Waals surface area (Å²) in [6.07, 6.45) is 1.19. The summed E-state index contributed by atoms with van der Waals surface area (Å²) in [4.78, 5) is 7.56. The standard InChI is InChI=1S/C20H23N3S/c1-15-7-9-16(10-8-15)19(23-13-4-11-21-12-14-23)20-22-17-5-2-3-6-18(17)24-20/h2-3,5-10,19,21H,4,11-14H2,1H3. The van der Waals surface area contributed by atoms with E-state index >= 15 is 0 Å². The van der Waals surface area contributed by atoms with Gasteiger partial charge in [0, 0.05) is 19.6 Å². The van der Waals surface area contributed by atoms with E-state index in [-0.39, 0.29) is 6.04 Å². The van der Waals surface area contributed by atoms with Crippen LogP contribution >= 0.6 is 11.3 Å². The lowest BCUT2D eigenvalue weighted by Gasteiger charge is -2.29. The van der Waals surface area contributed by atoms with Gasteiger partial charge >= 0.3 is 0 Å². The SMILES string of the molecule is Cc1ccc(C(c2nc3ccccc3s2)N2CCCNCC2)cc1. The Morgan fingerprint density at radius 1 is 1.04 bits per heavy atom. The molecule has 1 N–H and O–H groups in total. The number of fused-ring (bicyclic) bond motifs is 1. The average molecular weight is 337 g/mol. The number of hydrogen-bond donors (Lipinski definition) is 1. The van der Waals surface area contributed by atoms with Crippen molar-refractivity contribution in [3.8, 4) is 0 Å². The molecule has 2 heterocycles. The number of para-hydroxylation sites is 1. The van der Waals surface area contributed by atoms with E-state index in [0.717, 1.165) is 31.7 Å². The summed E-state index contributed by atoms with van der Waals surface area (Å²) >= 11 is 1.83. The predicted octanol–water partition coefficient (Wildman–Crippen LogP) is 3.99. The highest BCUT2D eigenvalue weighted by Crippen LogP contribution is 2.34. The third-order valence-electron chi connectivity index (χ3n) is 4.68. The Balaban J connectivity index is 1.77. The van der Waals surface area contributed by atoms with Crippen LogP contribution in [0.5, 0.6) is 0 Å². The number of hydrogen-bond acceptors (Lipinski definition) is 4. The Bertz CT molecular complexity index is 768. The Hall–Kier alpha value is -1.75. The van der Waals surface area contributed by atoms with Gasteiger partial charge in [0.2, 0.25) is 0 Å². The normalized spacial score (nSPS) is 17.7. The average Bonchev–Trinajstić information content (AvgIpc) is 2.84. The van der Waals surface area contributed by atoms with E-state index in [9.17, 15) is 0 Å². The van der Waals surface area contributed by atoms with Crippen LogP contribution in [0.15, 0.2) is 48.5 Å². The van der Waals surface area contributed by atoms with Gasteiger partial charge in [-0.25, -0.2) is 4.98 Å². The maximum atomic E-state index is 4.97. The van der Waals surface area contributed by atoms with Crippen molar-refractivity contribution in [1.82, 2.24) is 15.2 Å². The van der Waals surface area contributed by atoms with Crippen molar-refractivity contribution in [3.05, 3.63) is 64.7 Å². The zero-order valence-electron chi connectivity index (χ0n) is 14.0. The third kappa shape index (κ3) is 3.22. The second kappa shape index (κ2) is 7.01. The molecule has 124 valence electrons. The molecule has 0 radical (unpaired) electrons. The quantitative estimate of drug-likeness (QED) is 0.783. The number of benzene rings is 2. The van der Waals surface area contributed by atoms with Gasteiger partial charge in [0.25, 0.3) is 0 Å². The van der Waals surface area contributed by atoms with Gasteiger partial charge < -0.3 is 5.32 Å². The highest BCUT2D eigenvalue weighted by Gasteiger charge is 2.26. The topological polar surface area (TPSA) is 28.2 Å². The minimum Gasteiger partial charge on any atom is -0.315 e. The molecular formula is C20H23N3S. The van der Waals surface area contributed by atoms with Crippen molar-refractivity contribution in [2.45, 2.75) is 19.4 Å². The molecule has 1 aromatic heterocycles. The largest absolute Gasteiger partial charge is 0.315 e. The molecule has 4 rings (SSSR count). The Morgan fingerprint density at radius 2 is 1.88 bits per heavy atom. The van der Waals surface area contributed by atoms with E-state index in [1.165, 1.54) is 27.3 Å². The summed E-state index contributed by atoms with van der Waals surface area (Å²) in [6, 6.07) is 17.7. The van der Waals surface area contributed by atoms with Gasteiger partial charge in [-0.1, -0.05) is 42.0 Å². The summed E-state index contributed by atoms with van der Waals surface area (Å²) < 4.78 is 1.28. The maximum Gasteiger partial charge on any atom is 0.116 e. The van der Waals surface area contributed by atoms with E-state index in [4.69, 9.17) is 4.98 Å². The number of aryl methyl sites for hydroxylation is 1. The van der Waals surface area contributed by atoms with Gasteiger partial charge in [-0.2, -0.15) is 0 Å². The molecule has 24 heavy (non-hydrogen) atoms. The summed E-state index contributed by atoms with van der Waals surface area (Å²) in [5, 5.41) is 4.72. The van der Waals surface area contributed by atoms with Gasteiger partial charge in [0.1, 0.15) is 5.01 Å². The van der Waals surface area contributed by atoms with Crippen LogP contribution in [-0.4, -0.2) is 36.1 Å². The van der Waals surface area contributed by atoms with Gasteiger partial charge in [-0.05, 0) is 37.6 Å². The molecule has 4 heteroatoms. The number of nitrogens with one attached hydrogen (secondary N) is 1. The lowest BCUT2D eigenvalue weighted by molar-refractivity contribution is 0.241. The first-order valence-corrected chi connectivity index (χ1v) is 9.50. The van der Waals surface area contributed by atoms with Crippen LogP contribution in [0.2, 0.25) is 0 Å². The maximum absolute atomic E-state index is 4.97. The molecule has 1 fully saturated rings. The predicted molar refractivity (Wildman–Crippen MR) is 102 cm³/mol. The molecule has 1 aliphatic heterocycles. The lowest BCUT2D eigenvalue weighted by Crippen LogP contribution is -2.33. The molecule has 0 aliphatic carbocycles. The fraction of sp³-hybridized carbons (Fsp3) is 0.350. The van der Waals surface area contributed by atoms with Crippen LogP contribution in [0, 0.1) is 6.92 Å². The molecule has 0 saturated carbocycles. The zero-order valence-corrected chi connectivity index (χ0v) is 14.9. The highest BCUT2D eigenvalue weighted by atomic mass is 32.1. The molecule has 0 spiro atoms. The second-order valence-corrected chi connectivity index (χ2v) is 7.53. The summed E-state index contributed by atoms with van der Waals surface area (Å²) in [5.74, 6) is 0. The molecular weight excluding hydrogens is 314 g/mol. The van der Waals surface area contributed by atoms with Crippen molar-refractivity contribution in [2.24, 2.45) is 0 Å². The summed E-state index contributed by atoms with van der Waals surface area (Å²) in [6.45, 7) is 6.48. The summed E-state index contributed by atoms with van der Waals surface area (Å²) in [7, 11) is 0. The van der Waals surface area contributed by atoms with E-state index < -0.39 is 0 Å². The van der Waals surface area contributed by atoms with Crippen molar-refractivity contribution >= 4 is 21.6 Å². The Morgan fingerprint density at radius 3 is 2.71 bits per heavy atom. The van der Waals surface area contributed by atoms with Crippen LogP contribution < -0.4 is 5.32 Å². The summed E-state index contributed by atoms with van der Waals surface area (Å²) in [5.41, 5.74) is 3.77. The molecule has 0 amide bonds. The number of nitrogens with zero attached hydrogens (tertiary/aromatic N) is 2. The van der Waals surface area contributed by atoms with Gasteiger partial charge in [-0.3, -0.25) is 4.90 Å². The fourth-order valence-corrected chi connectivity index (χ4v) is 4.52. The molecule has 1 saturated heterocycles. The first kappa shape index (κ1) is 15.8. The van der Waals surface area contributed by atoms with E-state index in [0.29, 0.717) is 0 Å². The Kier molecular flexibility index (Phi) is 4.60. The molecule has 1 atom stereocenters. The minimum absolute atomic E-state index is 0.253. The van der Waals surface area contributed by atoms with Gasteiger partial charge in [0.15, 0.2) is 0 Å². The Labute approximate surface area is 147 Å². The number of thiazole rings is 1. The van der Waals surface area contributed by atoms with E-state index in [1.807, 2.05) is 11.3 Å². The fourth-order valence-electron chi connectivity index (χ4n) is 3.39. The lowest BCUT2D eigenvalue weighted by atomic mass is 10.0. The zero-order chi connectivity index (χ0) is 16.4. The van der Waals surface area contributed by atoms with E-state index in [1.54, 1.807) is 0 Å². The van der Waals surface area contributed by atoms with Crippen molar-refractivity contribution < 1.29 is 0 Å². The van der Waals surface area contributed by atoms with Crippen LogP contribution in [-0.2, 0) is 0 Å². The van der Waals surface area contributed by atoms with Crippen molar-refractivity contribution in [2.75, 3.05) is 26.2 Å². The first-order chi connectivity index (χ1) is 11.8. The molecule has 3 nitrogen and oxygen atoms in total. The second-order valence-electron chi connectivity index (χ2n) is 6.47. The monoisotopic (exact) mass is 337 g/mol. The van der Waals surface area contributed by atoms with Gasteiger partial charge in [-0.15, -0.1) is 11.3 Å². The van der Waals surface area contributed by atoms with Crippen LogP contribution in [0.3, 0.4) is 0 Å². The van der Waals surface area contributed by atoms with Crippen molar-refractivity contribution in [1.29, 1.82) is 0 Å². The molecule has 0 bridgehead atoms. The van der Waals surface area contributed by atoms with Gasteiger partial charge in [0.05, 0.1) is 16.3 Å². The highest BCUT2D eigenvalue weighted by molar-refractivity contribution is 7.18. The smallest absolute Gasteiger partial charge is 0.116 e. The molecule has 3 aromatic rings. The third-order valence-corrected chi connectivity index (χ3v) is 5.77. The number of rotatable bonds is 3. The van der Waals surface area contributed by atoms with Crippen LogP contribution in [0.1, 0.15) is 28.6 Å². The molecule has 1 unspecified atom stereocenters. The molecule has 1 aliphatic rings.